The first-order valence-corrected chi connectivity index (χ1v) is 9.99. The van der Waals surface area contributed by atoms with Crippen molar-refractivity contribution in [1.29, 1.82) is 5.26 Å². The molecule has 9 heteroatoms. The second-order valence-electron chi connectivity index (χ2n) is 6.52. The second kappa shape index (κ2) is 6.13. The molecule has 0 N–H and O–H groups in total. The van der Waals surface area contributed by atoms with Gasteiger partial charge in [0, 0.05) is 26.2 Å². The van der Waals surface area contributed by atoms with Gasteiger partial charge in [-0.15, -0.1) is 23.2 Å². The first-order chi connectivity index (χ1) is 11.6. The maximum absolute atomic E-state index is 12.8. The molecule has 1 atom stereocenters. The number of benzene rings is 1. The molecular formula is C16H17Cl2N3O3S. The molecule has 1 aromatic rings. The van der Waals surface area contributed by atoms with Gasteiger partial charge in [-0.2, -0.15) is 9.57 Å². The lowest BCUT2D eigenvalue weighted by Gasteiger charge is -2.35. The molecule has 0 bridgehead atoms. The molecule has 0 spiro atoms. The summed E-state index contributed by atoms with van der Waals surface area (Å²) in [4.78, 5) is 14.2. The highest BCUT2D eigenvalue weighted by molar-refractivity contribution is 7.89. The van der Waals surface area contributed by atoms with Crippen LogP contribution in [0.3, 0.4) is 0 Å². The summed E-state index contributed by atoms with van der Waals surface area (Å²) in [5, 5.41) is 9.13. The van der Waals surface area contributed by atoms with Crippen LogP contribution in [0.2, 0.25) is 0 Å². The van der Waals surface area contributed by atoms with Crippen LogP contribution in [0.1, 0.15) is 18.9 Å². The zero-order valence-corrected chi connectivity index (χ0v) is 15.9. The Labute approximate surface area is 157 Å². The van der Waals surface area contributed by atoms with Crippen molar-refractivity contribution >= 4 is 39.1 Å². The third-order valence-electron chi connectivity index (χ3n) is 4.88. The predicted octanol–water partition coefficient (Wildman–Crippen LogP) is 1.98. The molecule has 1 aliphatic carbocycles. The molecule has 1 aliphatic heterocycles. The third-order valence-corrected chi connectivity index (χ3v) is 7.94. The van der Waals surface area contributed by atoms with Crippen molar-refractivity contribution in [1.82, 2.24) is 9.21 Å². The molecule has 2 fully saturated rings. The summed E-state index contributed by atoms with van der Waals surface area (Å²) in [5.41, 5.74) is -0.689. The van der Waals surface area contributed by atoms with Crippen molar-refractivity contribution in [3.05, 3.63) is 29.8 Å². The Hall–Kier alpha value is -1.33. The van der Waals surface area contributed by atoms with E-state index in [1.807, 2.05) is 6.07 Å². The van der Waals surface area contributed by atoms with Crippen LogP contribution >= 0.6 is 23.2 Å². The number of alkyl halides is 2. The number of piperazine rings is 1. The first-order valence-electron chi connectivity index (χ1n) is 7.80. The monoisotopic (exact) mass is 401 g/mol. The van der Waals surface area contributed by atoms with E-state index < -0.39 is 19.8 Å². The smallest absolute Gasteiger partial charge is 0.244 e. The zero-order chi connectivity index (χ0) is 18.5. The number of hydrogen-bond donors (Lipinski definition) is 0. The summed E-state index contributed by atoms with van der Waals surface area (Å²) < 4.78 is 25.8. The molecule has 1 amide bonds. The quantitative estimate of drug-likeness (QED) is 0.724. The van der Waals surface area contributed by atoms with E-state index in [0.29, 0.717) is 6.42 Å². The number of carbonyl (C=O) groups excluding carboxylic acids is 1. The highest BCUT2D eigenvalue weighted by atomic mass is 35.5. The average molecular weight is 402 g/mol. The van der Waals surface area contributed by atoms with Crippen molar-refractivity contribution in [2.24, 2.45) is 5.41 Å². The Morgan fingerprint density at radius 2 is 1.76 bits per heavy atom. The molecule has 1 heterocycles. The molecule has 1 saturated carbocycles. The van der Waals surface area contributed by atoms with E-state index in [2.05, 4.69) is 0 Å². The van der Waals surface area contributed by atoms with Gasteiger partial charge in [0.1, 0.15) is 10.4 Å². The summed E-state index contributed by atoms with van der Waals surface area (Å²) in [6, 6.07) is 8.01. The minimum atomic E-state index is -3.78. The molecule has 1 unspecified atom stereocenters. The highest BCUT2D eigenvalue weighted by Gasteiger charge is 2.68. The largest absolute Gasteiger partial charge is 0.339 e. The van der Waals surface area contributed by atoms with Crippen LogP contribution in [-0.2, 0) is 14.8 Å². The maximum atomic E-state index is 12.8. The van der Waals surface area contributed by atoms with Crippen LogP contribution < -0.4 is 0 Å². The molecule has 6 nitrogen and oxygen atoms in total. The molecule has 134 valence electrons. The Bertz CT molecular complexity index is 858. The van der Waals surface area contributed by atoms with Gasteiger partial charge < -0.3 is 4.90 Å². The third kappa shape index (κ3) is 3.02. The fourth-order valence-electron chi connectivity index (χ4n) is 3.04. The summed E-state index contributed by atoms with van der Waals surface area (Å²) in [5.74, 6) is -0.146. The molecule has 2 aliphatic rings. The van der Waals surface area contributed by atoms with Crippen LogP contribution in [0, 0.1) is 16.7 Å². The topological polar surface area (TPSA) is 81.5 Å². The van der Waals surface area contributed by atoms with Crippen LogP contribution in [0.5, 0.6) is 0 Å². The van der Waals surface area contributed by atoms with Crippen molar-refractivity contribution in [3.8, 4) is 6.07 Å². The fraction of sp³-hybridized carbons (Fsp3) is 0.500. The van der Waals surface area contributed by atoms with E-state index in [4.69, 9.17) is 28.5 Å². The van der Waals surface area contributed by atoms with Gasteiger partial charge in [-0.05, 0) is 25.5 Å². The minimum Gasteiger partial charge on any atom is -0.339 e. The summed E-state index contributed by atoms with van der Waals surface area (Å²) >= 11 is 12.1. The van der Waals surface area contributed by atoms with Gasteiger partial charge in [-0.1, -0.05) is 12.1 Å². The predicted molar refractivity (Wildman–Crippen MR) is 93.7 cm³/mol. The van der Waals surface area contributed by atoms with Gasteiger partial charge in [0.05, 0.1) is 15.9 Å². The standard InChI is InChI=1S/C16H17Cl2N3O3S/c1-15(11-16(15,17)18)14(22)20-6-8-21(9-7-20)25(23,24)13-5-3-2-4-12(13)10-19/h2-5H,6-9,11H2,1H3. The molecule has 0 aromatic heterocycles. The van der Waals surface area contributed by atoms with E-state index in [-0.39, 0.29) is 42.5 Å². The highest BCUT2D eigenvalue weighted by Crippen LogP contribution is 2.64. The van der Waals surface area contributed by atoms with E-state index >= 15 is 0 Å². The van der Waals surface area contributed by atoms with E-state index in [1.54, 1.807) is 24.0 Å². The summed E-state index contributed by atoms with van der Waals surface area (Å²) in [7, 11) is -3.78. The number of nitriles is 1. The molecule has 0 radical (unpaired) electrons. The van der Waals surface area contributed by atoms with Gasteiger partial charge in [0.2, 0.25) is 15.9 Å². The van der Waals surface area contributed by atoms with Crippen LogP contribution in [0.25, 0.3) is 0 Å². The fourth-order valence-corrected chi connectivity index (χ4v) is 5.30. The number of rotatable bonds is 3. The van der Waals surface area contributed by atoms with Crippen molar-refractivity contribution in [3.63, 3.8) is 0 Å². The van der Waals surface area contributed by atoms with Gasteiger partial charge in [0.15, 0.2) is 0 Å². The number of halogens is 2. The molecule has 1 aromatic carbocycles. The zero-order valence-electron chi connectivity index (χ0n) is 13.6. The number of carbonyl (C=O) groups is 1. The van der Waals surface area contributed by atoms with E-state index in [9.17, 15) is 13.2 Å². The summed E-state index contributed by atoms with van der Waals surface area (Å²) in [6.07, 6.45) is 0.399. The normalized spacial score (nSPS) is 26.1. The Morgan fingerprint density at radius 1 is 1.20 bits per heavy atom. The van der Waals surface area contributed by atoms with Gasteiger partial charge >= 0.3 is 0 Å². The van der Waals surface area contributed by atoms with E-state index in [0.717, 1.165) is 0 Å². The lowest BCUT2D eigenvalue weighted by Crippen LogP contribution is -2.52. The SMILES string of the molecule is CC1(C(=O)N2CCN(S(=O)(=O)c3ccccc3C#N)CC2)CC1(Cl)Cl. The second-order valence-corrected chi connectivity index (χ2v) is 9.91. The van der Waals surface area contributed by atoms with Crippen molar-refractivity contribution in [2.75, 3.05) is 26.2 Å². The van der Waals surface area contributed by atoms with Crippen molar-refractivity contribution < 1.29 is 13.2 Å². The number of nitrogens with zero attached hydrogens (tertiary/aromatic N) is 3. The average Bonchev–Trinajstić information content (AvgIpc) is 3.13. The van der Waals surface area contributed by atoms with Crippen LogP contribution in [0.15, 0.2) is 29.2 Å². The van der Waals surface area contributed by atoms with E-state index in [1.165, 1.54) is 16.4 Å². The Morgan fingerprint density at radius 3 is 2.28 bits per heavy atom. The lowest BCUT2D eigenvalue weighted by molar-refractivity contribution is -0.137. The minimum absolute atomic E-state index is 0.00744. The molecule has 3 rings (SSSR count). The van der Waals surface area contributed by atoms with Gasteiger partial charge in [0.25, 0.3) is 0 Å². The van der Waals surface area contributed by atoms with Crippen LogP contribution in [-0.4, -0.2) is 54.0 Å². The van der Waals surface area contributed by atoms with Crippen molar-refractivity contribution in [2.45, 2.75) is 22.6 Å². The molecular weight excluding hydrogens is 385 g/mol. The van der Waals surface area contributed by atoms with Crippen LogP contribution in [0.4, 0.5) is 0 Å². The number of hydrogen-bond acceptors (Lipinski definition) is 4. The number of amides is 1. The molecule has 25 heavy (non-hydrogen) atoms. The van der Waals surface area contributed by atoms with Gasteiger partial charge in [-0.3, -0.25) is 4.79 Å². The lowest BCUT2D eigenvalue weighted by atomic mass is 10.1. The first kappa shape index (κ1) is 18.5. The Balaban J connectivity index is 1.72. The maximum Gasteiger partial charge on any atom is 0.244 e. The summed E-state index contributed by atoms with van der Waals surface area (Å²) in [6.45, 7) is 2.60. The molecule has 1 saturated heterocycles. The number of sulfonamides is 1. The Kier molecular flexibility index (Phi) is 4.53. The van der Waals surface area contributed by atoms with Gasteiger partial charge in [-0.25, -0.2) is 8.42 Å².